The molecule has 0 aromatic carbocycles. The Morgan fingerprint density at radius 2 is 1.69 bits per heavy atom. The first-order valence-electron chi connectivity index (χ1n) is 5.77. The summed E-state index contributed by atoms with van der Waals surface area (Å²) < 4.78 is 35.5. The zero-order valence-electron chi connectivity index (χ0n) is 10.0. The fourth-order valence-electron chi connectivity index (χ4n) is 1.55. The highest BCUT2D eigenvalue weighted by Gasteiger charge is 2.27. The van der Waals surface area contributed by atoms with Crippen molar-refractivity contribution in [2.45, 2.75) is 45.7 Å². The third-order valence-electron chi connectivity index (χ3n) is 3.15. The highest BCUT2D eigenvalue weighted by atomic mass is 19.4. The molecule has 0 saturated carbocycles. The molecule has 0 aromatic heterocycles. The molecule has 0 aliphatic heterocycles. The SMILES string of the molecule is CCC(CC)(CO)CNCCCC(F)(F)F. The Balaban J connectivity index is 3.71. The maximum absolute atomic E-state index is 11.8. The number of aliphatic hydroxyl groups excluding tert-OH is 1. The van der Waals surface area contributed by atoms with E-state index in [2.05, 4.69) is 5.32 Å². The van der Waals surface area contributed by atoms with Gasteiger partial charge in [-0.2, -0.15) is 13.2 Å². The van der Waals surface area contributed by atoms with Crippen molar-refractivity contribution in [1.29, 1.82) is 0 Å². The third kappa shape index (κ3) is 6.33. The summed E-state index contributed by atoms with van der Waals surface area (Å²) in [5.74, 6) is 0. The van der Waals surface area contributed by atoms with Gasteiger partial charge in [0, 0.05) is 25.0 Å². The Morgan fingerprint density at radius 1 is 1.12 bits per heavy atom. The Labute approximate surface area is 95.2 Å². The van der Waals surface area contributed by atoms with Crippen molar-refractivity contribution in [1.82, 2.24) is 5.32 Å². The van der Waals surface area contributed by atoms with E-state index in [1.54, 1.807) is 0 Å². The summed E-state index contributed by atoms with van der Waals surface area (Å²) in [4.78, 5) is 0. The quantitative estimate of drug-likeness (QED) is 0.640. The van der Waals surface area contributed by atoms with E-state index in [9.17, 15) is 18.3 Å². The number of alkyl halides is 3. The standard InChI is InChI=1S/C11H22F3NO/c1-3-10(4-2,9-16)8-15-7-5-6-11(12,13)14/h15-16H,3-9H2,1-2H3. The van der Waals surface area contributed by atoms with Gasteiger partial charge in [-0.1, -0.05) is 13.8 Å². The lowest BCUT2D eigenvalue weighted by atomic mass is 9.83. The van der Waals surface area contributed by atoms with E-state index in [1.165, 1.54) is 0 Å². The van der Waals surface area contributed by atoms with Gasteiger partial charge in [0.15, 0.2) is 0 Å². The van der Waals surface area contributed by atoms with Gasteiger partial charge in [-0.05, 0) is 25.8 Å². The van der Waals surface area contributed by atoms with Gasteiger partial charge in [-0.25, -0.2) is 0 Å². The number of rotatable bonds is 8. The average Bonchev–Trinajstić information content (AvgIpc) is 2.23. The molecule has 0 heterocycles. The minimum Gasteiger partial charge on any atom is -0.396 e. The molecule has 0 aliphatic carbocycles. The van der Waals surface area contributed by atoms with Gasteiger partial charge < -0.3 is 10.4 Å². The van der Waals surface area contributed by atoms with Gasteiger partial charge in [0.1, 0.15) is 0 Å². The van der Waals surface area contributed by atoms with E-state index in [-0.39, 0.29) is 18.4 Å². The smallest absolute Gasteiger partial charge is 0.389 e. The van der Waals surface area contributed by atoms with E-state index >= 15 is 0 Å². The van der Waals surface area contributed by atoms with Crippen LogP contribution in [-0.2, 0) is 0 Å². The molecule has 98 valence electrons. The van der Waals surface area contributed by atoms with Crippen molar-refractivity contribution in [3.05, 3.63) is 0 Å². The molecule has 0 spiro atoms. The fraction of sp³-hybridized carbons (Fsp3) is 1.00. The van der Waals surface area contributed by atoms with Crippen LogP contribution in [0.4, 0.5) is 13.2 Å². The molecule has 16 heavy (non-hydrogen) atoms. The molecule has 0 atom stereocenters. The molecule has 0 amide bonds. The number of hydrogen-bond donors (Lipinski definition) is 2. The summed E-state index contributed by atoms with van der Waals surface area (Å²) in [6, 6.07) is 0. The number of nitrogens with one attached hydrogen (secondary N) is 1. The molecule has 2 nitrogen and oxygen atoms in total. The predicted molar refractivity (Wildman–Crippen MR) is 58.3 cm³/mol. The number of halogens is 3. The second-order valence-corrected chi connectivity index (χ2v) is 4.26. The summed E-state index contributed by atoms with van der Waals surface area (Å²) in [5.41, 5.74) is -0.182. The first-order chi connectivity index (χ1) is 7.39. The molecule has 2 N–H and O–H groups in total. The zero-order chi connectivity index (χ0) is 12.7. The minimum atomic E-state index is -4.06. The summed E-state index contributed by atoms with van der Waals surface area (Å²) in [7, 11) is 0. The molecule has 0 aromatic rings. The Hall–Kier alpha value is -0.290. The van der Waals surface area contributed by atoms with Crippen molar-refractivity contribution >= 4 is 0 Å². The van der Waals surface area contributed by atoms with Crippen LogP contribution in [0.2, 0.25) is 0 Å². The van der Waals surface area contributed by atoms with Crippen LogP contribution in [0.5, 0.6) is 0 Å². The first-order valence-corrected chi connectivity index (χ1v) is 5.77. The monoisotopic (exact) mass is 241 g/mol. The third-order valence-corrected chi connectivity index (χ3v) is 3.15. The highest BCUT2D eigenvalue weighted by molar-refractivity contribution is 4.78. The van der Waals surface area contributed by atoms with Crippen LogP contribution in [-0.4, -0.2) is 31.0 Å². The summed E-state index contributed by atoms with van der Waals surface area (Å²) >= 11 is 0. The van der Waals surface area contributed by atoms with Crippen LogP contribution in [0.3, 0.4) is 0 Å². The number of aliphatic hydroxyl groups is 1. The van der Waals surface area contributed by atoms with Gasteiger partial charge in [-0.15, -0.1) is 0 Å². The van der Waals surface area contributed by atoms with Crippen molar-refractivity contribution in [3.63, 3.8) is 0 Å². The Morgan fingerprint density at radius 3 is 2.06 bits per heavy atom. The van der Waals surface area contributed by atoms with Crippen molar-refractivity contribution in [2.24, 2.45) is 5.41 Å². The van der Waals surface area contributed by atoms with Gasteiger partial charge in [0.25, 0.3) is 0 Å². The van der Waals surface area contributed by atoms with Crippen LogP contribution in [0.25, 0.3) is 0 Å². The zero-order valence-corrected chi connectivity index (χ0v) is 10.0. The average molecular weight is 241 g/mol. The summed E-state index contributed by atoms with van der Waals surface area (Å²) in [5, 5.41) is 12.2. The molecule has 0 radical (unpaired) electrons. The van der Waals surface area contributed by atoms with Crippen LogP contribution in [0.15, 0.2) is 0 Å². The highest BCUT2D eigenvalue weighted by Crippen LogP contribution is 2.24. The van der Waals surface area contributed by atoms with Crippen molar-refractivity contribution in [2.75, 3.05) is 19.7 Å². The van der Waals surface area contributed by atoms with Gasteiger partial charge >= 0.3 is 6.18 Å². The van der Waals surface area contributed by atoms with Gasteiger partial charge in [0.2, 0.25) is 0 Å². The van der Waals surface area contributed by atoms with Gasteiger partial charge in [0.05, 0.1) is 0 Å². The summed E-state index contributed by atoms with van der Waals surface area (Å²) in [6.45, 7) is 4.97. The van der Waals surface area contributed by atoms with Crippen LogP contribution in [0, 0.1) is 5.41 Å². The van der Waals surface area contributed by atoms with E-state index in [4.69, 9.17) is 0 Å². The Kier molecular flexibility index (Phi) is 6.99. The molecule has 0 aliphatic rings. The normalized spacial score (nSPS) is 13.1. The molecule has 5 heteroatoms. The molecular weight excluding hydrogens is 219 g/mol. The van der Waals surface area contributed by atoms with Crippen molar-refractivity contribution in [3.8, 4) is 0 Å². The molecule has 0 bridgehead atoms. The van der Waals surface area contributed by atoms with Crippen LogP contribution < -0.4 is 5.32 Å². The molecule has 0 fully saturated rings. The Bertz CT molecular complexity index is 170. The first kappa shape index (κ1) is 15.7. The largest absolute Gasteiger partial charge is 0.396 e. The van der Waals surface area contributed by atoms with E-state index in [0.717, 1.165) is 12.8 Å². The second-order valence-electron chi connectivity index (χ2n) is 4.26. The molecule has 0 unspecified atom stereocenters. The van der Waals surface area contributed by atoms with Crippen LogP contribution >= 0.6 is 0 Å². The second kappa shape index (κ2) is 7.12. The van der Waals surface area contributed by atoms with Crippen LogP contribution in [0.1, 0.15) is 39.5 Å². The van der Waals surface area contributed by atoms with E-state index < -0.39 is 12.6 Å². The summed E-state index contributed by atoms with van der Waals surface area (Å²) in [6.07, 6.45) is -3.06. The number of hydrogen-bond acceptors (Lipinski definition) is 2. The predicted octanol–water partition coefficient (Wildman–Crippen LogP) is 2.72. The maximum Gasteiger partial charge on any atom is 0.389 e. The lowest BCUT2D eigenvalue weighted by Gasteiger charge is -2.29. The topological polar surface area (TPSA) is 32.3 Å². The molecule has 0 rings (SSSR count). The molecule has 0 saturated heterocycles. The van der Waals surface area contributed by atoms with E-state index in [1.807, 2.05) is 13.8 Å². The maximum atomic E-state index is 11.8. The lowest BCUT2D eigenvalue weighted by Crippen LogP contribution is -2.37. The van der Waals surface area contributed by atoms with Gasteiger partial charge in [-0.3, -0.25) is 0 Å². The fourth-order valence-corrected chi connectivity index (χ4v) is 1.55. The lowest BCUT2D eigenvalue weighted by molar-refractivity contribution is -0.135. The van der Waals surface area contributed by atoms with E-state index in [0.29, 0.717) is 13.1 Å². The molecular formula is C11H22F3NO. The van der Waals surface area contributed by atoms with Crippen molar-refractivity contribution < 1.29 is 18.3 Å². The minimum absolute atomic E-state index is 0.0757.